The van der Waals surface area contributed by atoms with Crippen LogP contribution in [0.2, 0.25) is 0 Å². The summed E-state index contributed by atoms with van der Waals surface area (Å²) >= 11 is 0. The van der Waals surface area contributed by atoms with E-state index in [4.69, 9.17) is 0 Å². The monoisotopic (exact) mass is 230 g/mol. The lowest BCUT2D eigenvalue weighted by Crippen LogP contribution is -2.18. The van der Waals surface area contributed by atoms with Gasteiger partial charge in [-0.3, -0.25) is 0 Å². The number of aliphatic hydroxyl groups is 2. The van der Waals surface area contributed by atoms with Gasteiger partial charge in [0.25, 0.3) is 0 Å². The molecule has 0 aromatic heterocycles. The van der Waals surface area contributed by atoms with E-state index in [1.165, 1.54) is 25.7 Å². The van der Waals surface area contributed by atoms with Crippen LogP contribution in [-0.4, -0.2) is 21.4 Å². The van der Waals surface area contributed by atoms with Crippen molar-refractivity contribution in [1.29, 1.82) is 0 Å². The van der Waals surface area contributed by atoms with Gasteiger partial charge in [0.15, 0.2) is 0 Å². The zero-order valence-electron chi connectivity index (χ0n) is 11.6. The fourth-order valence-corrected chi connectivity index (χ4v) is 1.82. The molecule has 0 aliphatic rings. The summed E-state index contributed by atoms with van der Waals surface area (Å²) in [5, 5.41) is 19.0. The van der Waals surface area contributed by atoms with Crippen LogP contribution in [0.3, 0.4) is 0 Å². The highest BCUT2D eigenvalue weighted by molar-refractivity contribution is 4.65. The second kappa shape index (κ2) is 7.29. The van der Waals surface area contributed by atoms with Crippen LogP contribution >= 0.6 is 0 Å². The van der Waals surface area contributed by atoms with Crippen molar-refractivity contribution in [3.63, 3.8) is 0 Å². The Kier molecular flexibility index (Phi) is 7.25. The average Bonchev–Trinajstić information content (AvgIpc) is 2.06. The van der Waals surface area contributed by atoms with Gasteiger partial charge in [-0.2, -0.15) is 0 Å². The van der Waals surface area contributed by atoms with Gasteiger partial charge < -0.3 is 10.2 Å². The molecule has 0 atom stereocenters. The molecule has 0 aromatic rings. The molecule has 0 aliphatic heterocycles. The third-order valence-corrected chi connectivity index (χ3v) is 2.83. The summed E-state index contributed by atoms with van der Waals surface area (Å²) in [6, 6.07) is 0. The van der Waals surface area contributed by atoms with Crippen LogP contribution in [0.1, 0.15) is 79.1 Å². The van der Waals surface area contributed by atoms with Gasteiger partial charge in [0.1, 0.15) is 0 Å². The minimum absolute atomic E-state index is 0.499. The van der Waals surface area contributed by atoms with Gasteiger partial charge in [-0.15, -0.1) is 0 Å². The van der Waals surface area contributed by atoms with Gasteiger partial charge in [0.05, 0.1) is 11.2 Å². The van der Waals surface area contributed by atoms with E-state index < -0.39 is 11.2 Å². The van der Waals surface area contributed by atoms with Gasteiger partial charge in [-0.25, -0.2) is 0 Å². The average molecular weight is 230 g/mol. The van der Waals surface area contributed by atoms with Crippen LogP contribution in [-0.2, 0) is 0 Å². The van der Waals surface area contributed by atoms with E-state index in [1.54, 1.807) is 0 Å². The van der Waals surface area contributed by atoms with E-state index in [2.05, 4.69) is 0 Å². The maximum atomic E-state index is 9.52. The zero-order chi connectivity index (χ0) is 12.7. The topological polar surface area (TPSA) is 40.5 Å². The van der Waals surface area contributed by atoms with E-state index in [0.717, 1.165) is 25.7 Å². The molecule has 0 radical (unpaired) electrons. The Morgan fingerprint density at radius 2 is 0.812 bits per heavy atom. The Bertz CT molecular complexity index is 143. The number of hydrogen-bond donors (Lipinski definition) is 2. The quantitative estimate of drug-likeness (QED) is 0.594. The lowest BCUT2D eigenvalue weighted by molar-refractivity contribution is 0.0662. The first-order chi connectivity index (χ1) is 7.21. The normalized spacial score (nSPS) is 13.1. The Labute approximate surface area is 101 Å². The summed E-state index contributed by atoms with van der Waals surface area (Å²) in [4.78, 5) is 0. The second-order valence-corrected chi connectivity index (χ2v) is 6.25. The van der Waals surface area contributed by atoms with E-state index in [0.29, 0.717) is 0 Å². The van der Waals surface area contributed by atoms with Gasteiger partial charge >= 0.3 is 0 Å². The Morgan fingerprint density at radius 3 is 1.06 bits per heavy atom. The molecule has 0 aliphatic carbocycles. The fourth-order valence-electron chi connectivity index (χ4n) is 1.82. The molecule has 98 valence electrons. The highest BCUT2D eigenvalue weighted by atomic mass is 16.3. The van der Waals surface area contributed by atoms with Crippen LogP contribution < -0.4 is 0 Å². The highest BCUT2D eigenvalue weighted by Gasteiger charge is 2.12. The van der Waals surface area contributed by atoms with Crippen molar-refractivity contribution in [1.82, 2.24) is 0 Å². The minimum Gasteiger partial charge on any atom is -0.390 e. The molecule has 0 heterocycles. The minimum atomic E-state index is -0.499. The Morgan fingerprint density at radius 1 is 0.562 bits per heavy atom. The second-order valence-electron chi connectivity index (χ2n) is 6.25. The summed E-state index contributed by atoms with van der Waals surface area (Å²) in [5.74, 6) is 0. The van der Waals surface area contributed by atoms with E-state index in [9.17, 15) is 10.2 Å². The van der Waals surface area contributed by atoms with Gasteiger partial charge in [-0.05, 0) is 40.5 Å². The van der Waals surface area contributed by atoms with E-state index in [-0.39, 0.29) is 0 Å². The summed E-state index contributed by atoms with van der Waals surface area (Å²) in [6.45, 7) is 7.49. The standard InChI is InChI=1S/C14H30O2/c1-13(2,15)11-9-7-5-6-8-10-12-14(3,4)16/h15-16H,5-12H2,1-4H3. The molecule has 0 amide bonds. The molecule has 16 heavy (non-hydrogen) atoms. The molecule has 0 aromatic carbocycles. The van der Waals surface area contributed by atoms with Gasteiger partial charge in [-0.1, -0.05) is 38.5 Å². The molecule has 0 unspecified atom stereocenters. The Balaban J connectivity index is 3.17. The molecule has 2 N–H and O–H groups in total. The molecule has 0 saturated carbocycles. The maximum absolute atomic E-state index is 9.52. The SMILES string of the molecule is CC(C)(O)CCCCCCCCC(C)(C)O. The molecule has 2 heteroatoms. The van der Waals surface area contributed by atoms with E-state index in [1.807, 2.05) is 27.7 Å². The van der Waals surface area contributed by atoms with Crippen LogP contribution in [0.4, 0.5) is 0 Å². The smallest absolute Gasteiger partial charge is 0.0591 e. The molecule has 0 fully saturated rings. The molecular formula is C14H30O2. The lowest BCUT2D eigenvalue weighted by atomic mass is 9.98. The molecular weight excluding hydrogens is 200 g/mol. The van der Waals surface area contributed by atoms with Gasteiger partial charge in [0, 0.05) is 0 Å². The van der Waals surface area contributed by atoms with Gasteiger partial charge in [0.2, 0.25) is 0 Å². The number of unbranched alkanes of at least 4 members (excludes halogenated alkanes) is 5. The summed E-state index contributed by atoms with van der Waals surface area (Å²) in [6.07, 6.45) is 8.97. The molecule has 0 bridgehead atoms. The van der Waals surface area contributed by atoms with Crippen molar-refractivity contribution in [2.45, 2.75) is 90.3 Å². The highest BCUT2D eigenvalue weighted by Crippen LogP contribution is 2.17. The Hall–Kier alpha value is -0.0800. The molecule has 2 nitrogen and oxygen atoms in total. The largest absolute Gasteiger partial charge is 0.390 e. The van der Waals surface area contributed by atoms with E-state index >= 15 is 0 Å². The fraction of sp³-hybridized carbons (Fsp3) is 1.00. The van der Waals surface area contributed by atoms with Crippen molar-refractivity contribution < 1.29 is 10.2 Å². The van der Waals surface area contributed by atoms with Crippen molar-refractivity contribution in [3.8, 4) is 0 Å². The first-order valence-electron chi connectivity index (χ1n) is 6.65. The third-order valence-electron chi connectivity index (χ3n) is 2.83. The third kappa shape index (κ3) is 13.9. The van der Waals surface area contributed by atoms with Crippen molar-refractivity contribution in [2.24, 2.45) is 0 Å². The first-order valence-corrected chi connectivity index (χ1v) is 6.65. The van der Waals surface area contributed by atoms with Crippen LogP contribution in [0.5, 0.6) is 0 Å². The van der Waals surface area contributed by atoms with Crippen molar-refractivity contribution in [2.75, 3.05) is 0 Å². The first kappa shape index (κ1) is 15.9. The number of rotatable bonds is 9. The molecule has 0 rings (SSSR count). The molecule has 0 spiro atoms. The predicted octanol–water partition coefficient (Wildman–Crippen LogP) is 3.65. The predicted molar refractivity (Wildman–Crippen MR) is 69.5 cm³/mol. The summed E-state index contributed by atoms with van der Waals surface area (Å²) in [5.41, 5.74) is -0.998. The summed E-state index contributed by atoms with van der Waals surface area (Å²) in [7, 11) is 0. The van der Waals surface area contributed by atoms with Crippen LogP contribution in [0, 0.1) is 0 Å². The van der Waals surface area contributed by atoms with Crippen LogP contribution in [0.25, 0.3) is 0 Å². The summed E-state index contributed by atoms with van der Waals surface area (Å²) < 4.78 is 0. The lowest BCUT2D eigenvalue weighted by Gasteiger charge is -2.17. The van der Waals surface area contributed by atoms with Crippen molar-refractivity contribution >= 4 is 0 Å². The molecule has 0 saturated heterocycles. The van der Waals surface area contributed by atoms with Crippen LogP contribution in [0.15, 0.2) is 0 Å². The number of hydrogen-bond acceptors (Lipinski definition) is 2. The maximum Gasteiger partial charge on any atom is 0.0591 e. The zero-order valence-corrected chi connectivity index (χ0v) is 11.6. The van der Waals surface area contributed by atoms with Crippen molar-refractivity contribution in [3.05, 3.63) is 0 Å².